The van der Waals surface area contributed by atoms with E-state index in [9.17, 15) is 13.6 Å². The molecular formula is C16H18F2N2O4. The van der Waals surface area contributed by atoms with Crippen molar-refractivity contribution in [1.82, 2.24) is 5.32 Å². The number of amides is 1. The van der Waals surface area contributed by atoms with Crippen LogP contribution in [-0.2, 0) is 13.1 Å². The second-order valence-corrected chi connectivity index (χ2v) is 4.74. The zero-order valence-corrected chi connectivity index (χ0v) is 13.1. The molecule has 130 valence electrons. The van der Waals surface area contributed by atoms with Crippen LogP contribution in [0.3, 0.4) is 0 Å². The molecule has 2 rings (SSSR count). The first-order valence-electron chi connectivity index (χ1n) is 7.30. The van der Waals surface area contributed by atoms with Gasteiger partial charge in [-0.05, 0) is 19.1 Å². The van der Waals surface area contributed by atoms with Crippen LogP contribution < -0.4 is 20.5 Å². The number of carbonyl (C=O) groups excluding carboxylic acids is 1. The van der Waals surface area contributed by atoms with Gasteiger partial charge in [0.1, 0.15) is 12.0 Å². The van der Waals surface area contributed by atoms with Crippen molar-refractivity contribution in [2.75, 3.05) is 6.61 Å². The molecular weight excluding hydrogens is 322 g/mol. The summed E-state index contributed by atoms with van der Waals surface area (Å²) in [5.41, 5.74) is 6.08. The number of rotatable bonds is 8. The number of halogens is 2. The van der Waals surface area contributed by atoms with Crippen LogP contribution in [0.2, 0.25) is 0 Å². The number of carbonyl (C=O) groups is 1. The second-order valence-electron chi connectivity index (χ2n) is 4.74. The molecule has 1 amide bonds. The topological polar surface area (TPSA) is 86.7 Å². The van der Waals surface area contributed by atoms with Crippen LogP contribution in [-0.4, -0.2) is 19.1 Å². The van der Waals surface area contributed by atoms with E-state index in [0.717, 1.165) is 0 Å². The molecule has 1 heterocycles. The first kappa shape index (κ1) is 17.7. The summed E-state index contributed by atoms with van der Waals surface area (Å²) >= 11 is 0. The highest BCUT2D eigenvalue weighted by Crippen LogP contribution is 2.32. The number of benzene rings is 1. The molecule has 0 fully saturated rings. The minimum absolute atomic E-state index is 0.00899. The van der Waals surface area contributed by atoms with Gasteiger partial charge in [0.25, 0.3) is 5.91 Å². The van der Waals surface area contributed by atoms with Gasteiger partial charge in [-0.25, -0.2) is 0 Å². The van der Waals surface area contributed by atoms with Gasteiger partial charge in [-0.15, -0.1) is 0 Å². The zero-order chi connectivity index (χ0) is 17.5. The van der Waals surface area contributed by atoms with Crippen molar-refractivity contribution >= 4 is 5.91 Å². The highest BCUT2D eigenvalue weighted by molar-refractivity contribution is 5.93. The highest BCUT2D eigenvalue weighted by Gasteiger charge is 2.17. The predicted octanol–water partition coefficient (Wildman–Crippen LogP) is 2.67. The number of nitrogens with two attached hydrogens (primary N) is 1. The van der Waals surface area contributed by atoms with E-state index in [1.807, 2.05) is 0 Å². The van der Waals surface area contributed by atoms with Gasteiger partial charge in [-0.1, -0.05) is 12.1 Å². The fourth-order valence-electron chi connectivity index (χ4n) is 2.08. The molecule has 0 bridgehead atoms. The lowest BCUT2D eigenvalue weighted by Gasteiger charge is -2.15. The molecule has 0 aliphatic carbocycles. The second kappa shape index (κ2) is 8.30. The highest BCUT2D eigenvalue weighted by atomic mass is 19.3. The van der Waals surface area contributed by atoms with Crippen molar-refractivity contribution in [3.8, 4) is 11.5 Å². The van der Waals surface area contributed by atoms with E-state index in [-0.39, 0.29) is 24.6 Å². The van der Waals surface area contributed by atoms with Gasteiger partial charge in [-0.2, -0.15) is 8.78 Å². The van der Waals surface area contributed by atoms with Crippen LogP contribution in [0.1, 0.15) is 28.6 Å². The third kappa shape index (κ3) is 4.45. The Labute approximate surface area is 137 Å². The van der Waals surface area contributed by atoms with Crippen LogP contribution in [0, 0.1) is 0 Å². The first-order valence-corrected chi connectivity index (χ1v) is 7.30. The Morgan fingerprint density at radius 3 is 2.83 bits per heavy atom. The standard InChI is InChI=1S/C16H18F2N2O4/c1-2-22-13-5-3-4-10(14(13)24-16(17)18)8-20-15(21)11-6-12(7-19)23-9-11/h3-6,9,16H,2,7-8,19H2,1H3,(H,20,21). The Hall–Kier alpha value is -2.61. The third-order valence-corrected chi connectivity index (χ3v) is 3.12. The summed E-state index contributed by atoms with van der Waals surface area (Å²) < 4.78 is 40.2. The number of alkyl halides is 2. The van der Waals surface area contributed by atoms with E-state index in [1.54, 1.807) is 19.1 Å². The SMILES string of the molecule is CCOc1cccc(CNC(=O)c2coc(CN)c2)c1OC(F)F. The lowest BCUT2D eigenvalue weighted by Crippen LogP contribution is -2.23. The lowest BCUT2D eigenvalue weighted by molar-refractivity contribution is -0.0520. The van der Waals surface area contributed by atoms with Gasteiger partial charge in [0.05, 0.1) is 18.7 Å². The Kier molecular flexibility index (Phi) is 6.14. The normalized spacial score (nSPS) is 10.7. The summed E-state index contributed by atoms with van der Waals surface area (Å²) in [6, 6.07) is 6.25. The van der Waals surface area contributed by atoms with Crippen molar-refractivity contribution < 1.29 is 27.5 Å². The summed E-state index contributed by atoms with van der Waals surface area (Å²) in [6.07, 6.45) is 1.28. The minimum atomic E-state index is -3.00. The monoisotopic (exact) mass is 340 g/mol. The molecule has 0 unspecified atom stereocenters. The fraction of sp³-hybridized carbons (Fsp3) is 0.312. The molecule has 0 radical (unpaired) electrons. The largest absolute Gasteiger partial charge is 0.490 e. The average molecular weight is 340 g/mol. The fourth-order valence-corrected chi connectivity index (χ4v) is 2.08. The van der Waals surface area contributed by atoms with Gasteiger partial charge in [0.2, 0.25) is 0 Å². The predicted molar refractivity (Wildman–Crippen MR) is 82.0 cm³/mol. The van der Waals surface area contributed by atoms with Crippen LogP contribution in [0.15, 0.2) is 34.9 Å². The maximum Gasteiger partial charge on any atom is 0.387 e. The van der Waals surface area contributed by atoms with Crippen LogP contribution >= 0.6 is 0 Å². The smallest absolute Gasteiger partial charge is 0.387 e. The van der Waals surface area contributed by atoms with E-state index >= 15 is 0 Å². The van der Waals surface area contributed by atoms with E-state index in [1.165, 1.54) is 18.4 Å². The average Bonchev–Trinajstić information content (AvgIpc) is 3.04. The van der Waals surface area contributed by atoms with Gasteiger partial charge in [-0.3, -0.25) is 4.79 Å². The molecule has 1 aromatic carbocycles. The van der Waals surface area contributed by atoms with Crippen LogP contribution in [0.25, 0.3) is 0 Å². The number of hydrogen-bond acceptors (Lipinski definition) is 5. The van der Waals surface area contributed by atoms with E-state index in [0.29, 0.717) is 23.5 Å². The molecule has 24 heavy (non-hydrogen) atoms. The molecule has 1 aromatic heterocycles. The van der Waals surface area contributed by atoms with Crippen molar-refractivity contribution in [1.29, 1.82) is 0 Å². The van der Waals surface area contributed by atoms with Gasteiger partial charge in [0.15, 0.2) is 11.5 Å². The number of ether oxygens (including phenoxy) is 2. The third-order valence-electron chi connectivity index (χ3n) is 3.12. The molecule has 0 aliphatic heterocycles. The number of para-hydroxylation sites is 1. The molecule has 3 N–H and O–H groups in total. The lowest BCUT2D eigenvalue weighted by atomic mass is 10.1. The molecule has 8 heteroatoms. The Morgan fingerprint density at radius 1 is 1.42 bits per heavy atom. The Morgan fingerprint density at radius 2 is 2.21 bits per heavy atom. The molecule has 0 saturated carbocycles. The Balaban J connectivity index is 2.13. The number of furan rings is 1. The van der Waals surface area contributed by atoms with E-state index in [2.05, 4.69) is 10.1 Å². The van der Waals surface area contributed by atoms with Crippen molar-refractivity contribution in [3.63, 3.8) is 0 Å². The summed E-state index contributed by atoms with van der Waals surface area (Å²) in [5, 5.41) is 2.62. The first-order chi connectivity index (χ1) is 11.5. The molecule has 0 atom stereocenters. The van der Waals surface area contributed by atoms with Crippen LogP contribution in [0.5, 0.6) is 11.5 Å². The van der Waals surface area contributed by atoms with Gasteiger partial charge in [0, 0.05) is 12.1 Å². The summed E-state index contributed by atoms with van der Waals surface area (Å²) in [6.45, 7) is -0.802. The number of hydrogen-bond donors (Lipinski definition) is 2. The van der Waals surface area contributed by atoms with Crippen molar-refractivity contribution in [2.24, 2.45) is 5.73 Å². The zero-order valence-electron chi connectivity index (χ0n) is 13.1. The maximum atomic E-state index is 12.6. The van der Waals surface area contributed by atoms with Gasteiger partial charge >= 0.3 is 6.61 Å². The molecule has 0 saturated heterocycles. The maximum absolute atomic E-state index is 12.6. The van der Waals surface area contributed by atoms with Crippen LogP contribution in [0.4, 0.5) is 8.78 Å². The van der Waals surface area contributed by atoms with Crippen molar-refractivity contribution in [2.45, 2.75) is 26.6 Å². The summed E-state index contributed by atoms with van der Waals surface area (Å²) in [5.74, 6) is 0.159. The molecule has 2 aromatic rings. The quantitative estimate of drug-likeness (QED) is 0.771. The molecule has 0 aliphatic rings. The Bertz CT molecular complexity index is 688. The number of nitrogens with one attached hydrogen (secondary N) is 1. The van der Waals surface area contributed by atoms with E-state index in [4.69, 9.17) is 14.9 Å². The summed E-state index contributed by atoms with van der Waals surface area (Å²) in [4.78, 5) is 12.1. The van der Waals surface area contributed by atoms with E-state index < -0.39 is 12.5 Å². The molecule has 0 spiro atoms. The minimum Gasteiger partial charge on any atom is -0.490 e. The van der Waals surface area contributed by atoms with Crippen molar-refractivity contribution in [3.05, 3.63) is 47.4 Å². The molecule has 6 nitrogen and oxygen atoms in total. The summed E-state index contributed by atoms with van der Waals surface area (Å²) in [7, 11) is 0. The van der Waals surface area contributed by atoms with Gasteiger partial charge < -0.3 is 24.9 Å².